The normalized spacial score (nSPS) is 18.1. The van der Waals surface area contributed by atoms with E-state index in [0.717, 1.165) is 38.8 Å². The fourth-order valence-corrected chi connectivity index (χ4v) is 2.62. The summed E-state index contributed by atoms with van der Waals surface area (Å²) in [5.74, 6) is 0. The predicted octanol–water partition coefficient (Wildman–Crippen LogP) is 2.56. The topological polar surface area (TPSA) is 32.5 Å². The second-order valence-electron chi connectivity index (χ2n) is 6.30. The molecule has 2 rings (SSSR count). The molecule has 118 valence electrons. The highest BCUT2D eigenvalue weighted by molar-refractivity contribution is 5.49. The molecule has 0 saturated carbocycles. The smallest absolute Gasteiger partial charge is 0.369 e. The largest absolute Gasteiger partial charge is 0.416 e. The van der Waals surface area contributed by atoms with Crippen LogP contribution in [0.4, 0.5) is 18.9 Å². The van der Waals surface area contributed by atoms with Gasteiger partial charge in [-0.05, 0) is 32.0 Å². The second-order valence-corrected chi connectivity index (χ2v) is 6.30. The Morgan fingerprint density at radius 3 is 2.24 bits per heavy atom. The first-order valence-corrected chi connectivity index (χ1v) is 7.09. The van der Waals surface area contributed by atoms with Crippen molar-refractivity contribution in [1.82, 2.24) is 4.90 Å². The van der Waals surface area contributed by atoms with Crippen molar-refractivity contribution in [2.45, 2.75) is 25.6 Å². The molecule has 0 atom stereocenters. The third-order valence-corrected chi connectivity index (χ3v) is 3.54. The van der Waals surface area contributed by atoms with Gasteiger partial charge in [0.15, 0.2) is 0 Å². The number of hydrogen-bond donors (Lipinski definition) is 1. The lowest BCUT2D eigenvalue weighted by Crippen LogP contribution is -2.53. The summed E-state index contributed by atoms with van der Waals surface area (Å²) in [5.41, 5.74) is 5.79. The Morgan fingerprint density at radius 1 is 1.10 bits per heavy atom. The van der Waals surface area contributed by atoms with Crippen molar-refractivity contribution in [1.29, 1.82) is 0 Å². The van der Waals surface area contributed by atoms with Gasteiger partial charge in [-0.15, -0.1) is 0 Å². The SMILES string of the molecule is CC(C)(N)CN1CCN(c2cccc(C(F)(F)F)c2)CC1. The van der Waals surface area contributed by atoms with Crippen LogP contribution in [0.25, 0.3) is 0 Å². The molecule has 0 amide bonds. The highest BCUT2D eigenvalue weighted by Crippen LogP contribution is 2.31. The number of benzene rings is 1. The molecule has 0 aliphatic carbocycles. The molecule has 0 radical (unpaired) electrons. The van der Waals surface area contributed by atoms with E-state index in [4.69, 9.17) is 5.73 Å². The van der Waals surface area contributed by atoms with E-state index in [2.05, 4.69) is 4.90 Å². The van der Waals surface area contributed by atoms with Gasteiger partial charge in [0.1, 0.15) is 0 Å². The molecule has 1 aliphatic rings. The first-order chi connectivity index (χ1) is 9.65. The quantitative estimate of drug-likeness (QED) is 0.931. The molecule has 1 aromatic carbocycles. The summed E-state index contributed by atoms with van der Waals surface area (Å²) in [5, 5.41) is 0. The van der Waals surface area contributed by atoms with Crippen LogP contribution in [0.15, 0.2) is 24.3 Å². The van der Waals surface area contributed by atoms with Crippen LogP contribution >= 0.6 is 0 Å². The Kier molecular flexibility index (Phi) is 4.49. The summed E-state index contributed by atoms with van der Waals surface area (Å²) < 4.78 is 38.2. The maximum Gasteiger partial charge on any atom is 0.416 e. The van der Waals surface area contributed by atoms with Crippen LogP contribution in [0.5, 0.6) is 0 Å². The van der Waals surface area contributed by atoms with Crippen LogP contribution < -0.4 is 10.6 Å². The maximum absolute atomic E-state index is 12.7. The zero-order valence-corrected chi connectivity index (χ0v) is 12.5. The molecular formula is C15H22F3N3. The zero-order valence-electron chi connectivity index (χ0n) is 12.5. The fraction of sp³-hybridized carbons (Fsp3) is 0.600. The van der Waals surface area contributed by atoms with Crippen LogP contribution in [-0.2, 0) is 6.18 Å². The molecule has 6 heteroatoms. The fourth-order valence-electron chi connectivity index (χ4n) is 2.62. The summed E-state index contributed by atoms with van der Waals surface area (Å²) in [6, 6.07) is 5.53. The summed E-state index contributed by atoms with van der Waals surface area (Å²) in [6.45, 7) is 7.82. The molecule has 1 heterocycles. The minimum atomic E-state index is -4.29. The van der Waals surface area contributed by atoms with Gasteiger partial charge >= 0.3 is 6.18 Å². The van der Waals surface area contributed by atoms with Crippen molar-refractivity contribution < 1.29 is 13.2 Å². The van der Waals surface area contributed by atoms with Gasteiger partial charge < -0.3 is 10.6 Å². The van der Waals surface area contributed by atoms with E-state index < -0.39 is 11.7 Å². The molecule has 2 N–H and O–H groups in total. The maximum atomic E-state index is 12.7. The van der Waals surface area contributed by atoms with E-state index in [1.807, 2.05) is 18.7 Å². The average Bonchev–Trinajstić information content (AvgIpc) is 2.37. The molecule has 0 bridgehead atoms. The molecule has 0 spiro atoms. The molecule has 0 unspecified atom stereocenters. The minimum Gasteiger partial charge on any atom is -0.369 e. The number of nitrogens with two attached hydrogens (primary N) is 1. The van der Waals surface area contributed by atoms with Gasteiger partial charge in [-0.3, -0.25) is 4.90 Å². The van der Waals surface area contributed by atoms with E-state index in [1.54, 1.807) is 6.07 Å². The first kappa shape index (κ1) is 16.1. The van der Waals surface area contributed by atoms with Gasteiger partial charge in [-0.1, -0.05) is 6.07 Å². The van der Waals surface area contributed by atoms with E-state index >= 15 is 0 Å². The van der Waals surface area contributed by atoms with Gasteiger partial charge in [0.25, 0.3) is 0 Å². The zero-order chi connectivity index (χ0) is 15.7. The van der Waals surface area contributed by atoms with Gasteiger partial charge in [-0.25, -0.2) is 0 Å². The molecule has 3 nitrogen and oxygen atoms in total. The number of alkyl halides is 3. The Hall–Kier alpha value is -1.27. The van der Waals surface area contributed by atoms with Crippen molar-refractivity contribution in [3.05, 3.63) is 29.8 Å². The molecule has 1 aliphatic heterocycles. The predicted molar refractivity (Wildman–Crippen MR) is 78.4 cm³/mol. The number of nitrogens with zero attached hydrogens (tertiary/aromatic N) is 2. The Labute approximate surface area is 123 Å². The standard InChI is InChI=1S/C15H22F3N3/c1-14(2,19)11-20-6-8-21(9-7-20)13-5-3-4-12(10-13)15(16,17)18/h3-5,10H,6-9,11,19H2,1-2H3. The van der Waals surface area contributed by atoms with Gasteiger partial charge in [0, 0.05) is 44.0 Å². The molecule has 0 aromatic heterocycles. The lowest BCUT2D eigenvalue weighted by molar-refractivity contribution is -0.137. The van der Waals surface area contributed by atoms with E-state index in [9.17, 15) is 13.2 Å². The summed E-state index contributed by atoms with van der Waals surface area (Å²) in [6.07, 6.45) is -4.29. The Morgan fingerprint density at radius 2 is 1.71 bits per heavy atom. The van der Waals surface area contributed by atoms with Crippen LogP contribution in [-0.4, -0.2) is 43.2 Å². The number of piperazine rings is 1. The third kappa shape index (κ3) is 4.61. The van der Waals surface area contributed by atoms with Crippen molar-refractivity contribution in [3.8, 4) is 0 Å². The van der Waals surface area contributed by atoms with Crippen LogP contribution in [0.2, 0.25) is 0 Å². The second kappa shape index (κ2) is 5.85. The monoisotopic (exact) mass is 301 g/mol. The first-order valence-electron chi connectivity index (χ1n) is 7.09. The minimum absolute atomic E-state index is 0.252. The van der Waals surface area contributed by atoms with Gasteiger partial charge in [0.05, 0.1) is 5.56 Å². The number of halogens is 3. The summed E-state index contributed by atoms with van der Waals surface area (Å²) in [4.78, 5) is 4.25. The highest BCUT2D eigenvalue weighted by atomic mass is 19.4. The molecule has 1 saturated heterocycles. The lowest BCUT2D eigenvalue weighted by atomic mass is 10.1. The van der Waals surface area contributed by atoms with Gasteiger partial charge in [0.2, 0.25) is 0 Å². The van der Waals surface area contributed by atoms with Crippen molar-refractivity contribution in [2.24, 2.45) is 5.73 Å². The molecule has 1 aromatic rings. The van der Waals surface area contributed by atoms with Crippen molar-refractivity contribution >= 4 is 5.69 Å². The summed E-state index contributed by atoms with van der Waals surface area (Å²) >= 11 is 0. The van der Waals surface area contributed by atoms with Crippen LogP contribution in [0.3, 0.4) is 0 Å². The van der Waals surface area contributed by atoms with Gasteiger partial charge in [-0.2, -0.15) is 13.2 Å². The molecular weight excluding hydrogens is 279 g/mol. The number of anilines is 1. The highest BCUT2D eigenvalue weighted by Gasteiger charge is 2.31. The number of rotatable bonds is 3. The lowest BCUT2D eigenvalue weighted by Gasteiger charge is -2.38. The summed E-state index contributed by atoms with van der Waals surface area (Å²) in [7, 11) is 0. The Bertz CT molecular complexity index is 472. The average molecular weight is 301 g/mol. The van der Waals surface area contributed by atoms with Crippen LogP contribution in [0, 0.1) is 0 Å². The van der Waals surface area contributed by atoms with E-state index in [1.165, 1.54) is 12.1 Å². The van der Waals surface area contributed by atoms with Crippen molar-refractivity contribution in [2.75, 3.05) is 37.6 Å². The number of hydrogen-bond acceptors (Lipinski definition) is 3. The van der Waals surface area contributed by atoms with Crippen LogP contribution in [0.1, 0.15) is 19.4 Å². The molecule has 21 heavy (non-hydrogen) atoms. The van der Waals surface area contributed by atoms with Crippen molar-refractivity contribution in [3.63, 3.8) is 0 Å². The third-order valence-electron chi connectivity index (χ3n) is 3.54. The van der Waals surface area contributed by atoms with E-state index in [0.29, 0.717) is 5.69 Å². The molecule has 1 fully saturated rings. The Balaban J connectivity index is 1.99. The van der Waals surface area contributed by atoms with E-state index in [-0.39, 0.29) is 5.54 Å².